The van der Waals surface area contributed by atoms with Crippen molar-refractivity contribution in [2.45, 2.75) is 77.5 Å². The van der Waals surface area contributed by atoms with E-state index in [9.17, 15) is 14.7 Å². The van der Waals surface area contributed by atoms with E-state index in [0.717, 1.165) is 24.8 Å². The van der Waals surface area contributed by atoms with E-state index in [-0.39, 0.29) is 6.61 Å². The average Bonchev–Trinajstić information content (AvgIpc) is 2.96. The number of aliphatic hydroxyl groups is 1. The van der Waals surface area contributed by atoms with Gasteiger partial charge in [-0.05, 0) is 46.5 Å². The summed E-state index contributed by atoms with van der Waals surface area (Å²) in [6, 6.07) is -0.432. The Morgan fingerprint density at radius 1 is 1.38 bits per heavy atom. The van der Waals surface area contributed by atoms with Crippen LogP contribution in [0.1, 0.15) is 59.8 Å². The van der Waals surface area contributed by atoms with Crippen LogP contribution in [-0.2, 0) is 14.3 Å². The van der Waals surface area contributed by atoms with E-state index in [4.69, 9.17) is 14.6 Å². The number of aliphatic hydroxyl groups excluding tert-OH is 1. The van der Waals surface area contributed by atoms with Crippen molar-refractivity contribution in [2.75, 3.05) is 13.2 Å². The molecule has 0 aliphatic heterocycles. The summed E-state index contributed by atoms with van der Waals surface area (Å²) in [5.74, 6) is -1.65. The molecule has 1 aliphatic carbocycles. The molecule has 0 aromatic heterocycles. The third-order valence-electron chi connectivity index (χ3n) is 4.15. The Kier molecular flexibility index (Phi) is 9.08. The summed E-state index contributed by atoms with van der Waals surface area (Å²) < 4.78 is 10.9. The minimum atomic E-state index is -1.42. The van der Waals surface area contributed by atoms with Gasteiger partial charge >= 0.3 is 12.1 Å². The highest BCUT2D eigenvalue weighted by Crippen LogP contribution is 2.34. The number of amides is 1. The number of carbonyl (C=O) groups is 2. The number of hydrogen-bond acceptors (Lipinski definition) is 5. The van der Waals surface area contributed by atoms with Crippen molar-refractivity contribution in [3.05, 3.63) is 11.6 Å². The SMILES string of the molecule is CCCCOC[C@@H](/C=C1\CCC[C@H]1C(O)C(=O)O)NC(=O)OC(C)(C)C. The Balaban J connectivity index is 2.81. The van der Waals surface area contributed by atoms with Gasteiger partial charge in [0.2, 0.25) is 0 Å². The minimum Gasteiger partial charge on any atom is -0.479 e. The van der Waals surface area contributed by atoms with Gasteiger partial charge in [0.25, 0.3) is 0 Å². The second-order valence-corrected chi connectivity index (χ2v) is 7.70. The molecule has 0 aromatic rings. The van der Waals surface area contributed by atoms with Crippen molar-refractivity contribution in [3.63, 3.8) is 0 Å². The molecule has 1 saturated carbocycles. The van der Waals surface area contributed by atoms with Gasteiger partial charge in [0.05, 0.1) is 12.6 Å². The first-order valence-electron chi connectivity index (χ1n) is 9.32. The van der Waals surface area contributed by atoms with E-state index in [2.05, 4.69) is 12.2 Å². The fourth-order valence-corrected chi connectivity index (χ4v) is 2.94. The van der Waals surface area contributed by atoms with Gasteiger partial charge in [-0.2, -0.15) is 0 Å². The topological polar surface area (TPSA) is 105 Å². The molecule has 0 aromatic carbocycles. The molecule has 26 heavy (non-hydrogen) atoms. The zero-order valence-corrected chi connectivity index (χ0v) is 16.3. The molecular weight excluding hydrogens is 338 g/mol. The molecule has 0 heterocycles. The van der Waals surface area contributed by atoms with E-state index in [0.29, 0.717) is 19.4 Å². The maximum absolute atomic E-state index is 12.1. The number of carbonyl (C=O) groups excluding carboxylic acids is 1. The summed E-state index contributed by atoms with van der Waals surface area (Å²) >= 11 is 0. The molecule has 150 valence electrons. The zero-order valence-electron chi connectivity index (χ0n) is 16.3. The lowest BCUT2D eigenvalue weighted by Crippen LogP contribution is -2.41. The molecule has 7 heteroatoms. The van der Waals surface area contributed by atoms with E-state index in [1.54, 1.807) is 20.8 Å². The summed E-state index contributed by atoms with van der Waals surface area (Å²) in [5.41, 5.74) is 0.236. The number of carboxylic acid groups (broad SMARTS) is 1. The molecule has 0 spiro atoms. The highest BCUT2D eigenvalue weighted by atomic mass is 16.6. The fourth-order valence-electron chi connectivity index (χ4n) is 2.94. The zero-order chi connectivity index (χ0) is 19.7. The number of nitrogens with one attached hydrogen (secondary N) is 1. The lowest BCUT2D eigenvalue weighted by atomic mass is 9.94. The van der Waals surface area contributed by atoms with Crippen LogP contribution >= 0.6 is 0 Å². The number of unbranched alkanes of at least 4 members (excludes halogenated alkanes) is 1. The van der Waals surface area contributed by atoms with Crippen LogP contribution in [0, 0.1) is 5.92 Å². The number of alkyl carbamates (subject to hydrolysis) is 1. The number of hydrogen-bond donors (Lipinski definition) is 3. The van der Waals surface area contributed by atoms with Gasteiger partial charge in [-0.3, -0.25) is 0 Å². The first kappa shape index (κ1) is 22.4. The predicted octanol–water partition coefficient (Wildman–Crippen LogP) is 2.87. The van der Waals surface area contributed by atoms with Crippen molar-refractivity contribution in [2.24, 2.45) is 5.92 Å². The Bertz CT molecular complexity index is 497. The molecule has 0 bridgehead atoms. The van der Waals surface area contributed by atoms with Crippen molar-refractivity contribution >= 4 is 12.1 Å². The van der Waals surface area contributed by atoms with Gasteiger partial charge in [-0.25, -0.2) is 9.59 Å². The maximum Gasteiger partial charge on any atom is 0.408 e. The summed E-state index contributed by atoms with van der Waals surface area (Å²) in [5, 5.41) is 21.8. The molecule has 7 nitrogen and oxygen atoms in total. The summed E-state index contributed by atoms with van der Waals surface area (Å²) in [6.07, 6.45) is 3.93. The predicted molar refractivity (Wildman–Crippen MR) is 98.0 cm³/mol. The molecule has 0 saturated heterocycles. The fraction of sp³-hybridized carbons (Fsp3) is 0.789. The second kappa shape index (κ2) is 10.5. The van der Waals surface area contributed by atoms with Gasteiger partial charge in [0, 0.05) is 12.5 Å². The van der Waals surface area contributed by atoms with Crippen molar-refractivity contribution in [3.8, 4) is 0 Å². The van der Waals surface area contributed by atoms with Crippen LogP contribution < -0.4 is 5.32 Å². The Labute approximate surface area is 155 Å². The van der Waals surface area contributed by atoms with Crippen LogP contribution in [0.2, 0.25) is 0 Å². The number of aliphatic carboxylic acids is 1. The Hall–Kier alpha value is -1.60. The number of carboxylic acids is 1. The van der Waals surface area contributed by atoms with Crippen molar-refractivity contribution in [1.29, 1.82) is 0 Å². The van der Waals surface area contributed by atoms with Crippen LogP contribution in [0.15, 0.2) is 11.6 Å². The molecule has 1 unspecified atom stereocenters. The van der Waals surface area contributed by atoms with Crippen LogP contribution in [0.4, 0.5) is 4.79 Å². The minimum absolute atomic E-state index is 0.276. The molecule has 1 rings (SSSR count). The summed E-state index contributed by atoms with van der Waals surface area (Å²) in [7, 11) is 0. The molecule has 3 atom stereocenters. The first-order chi connectivity index (χ1) is 12.1. The third-order valence-corrected chi connectivity index (χ3v) is 4.15. The average molecular weight is 371 g/mol. The van der Waals surface area contributed by atoms with Gasteiger partial charge in [0.1, 0.15) is 5.60 Å². The van der Waals surface area contributed by atoms with Crippen LogP contribution in [0.3, 0.4) is 0 Å². The molecular formula is C19H33NO6. The maximum atomic E-state index is 12.1. The molecule has 1 fully saturated rings. The van der Waals surface area contributed by atoms with E-state index in [1.165, 1.54) is 0 Å². The highest BCUT2D eigenvalue weighted by Gasteiger charge is 2.33. The van der Waals surface area contributed by atoms with Crippen LogP contribution in [-0.4, -0.2) is 53.2 Å². The number of rotatable bonds is 9. The summed E-state index contributed by atoms with van der Waals surface area (Å²) in [6.45, 7) is 8.29. The van der Waals surface area contributed by atoms with E-state index in [1.807, 2.05) is 6.08 Å². The smallest absolute Gasteiger partial charge is 0.408 e. The Morgan fingerprint density at radius 2 is 2.08 bits per heavy atom. The van der Waals surface area contributed by atoms with E-state index < -0.39 is 35.7 Å². The monoisotopic (exact) mass is 371 g/mol. The quantitative estimate of drug-likeness (QED) is 0.425. The lowest BCUT2D eigenvalue weighted by Gasteiger charge is -2.23. The van der Waals surface area contributed by atoms with Crippen LogP contribution in [0.25, 0.3) is 0 Å². The summed E-state index contributed by atoms with van der Waals surface area (Å²) in [4.78, 5) is 23.2. The molecule has 0 radical (unpaired) electrons. The third kappa shape index (κ3) is 8.19. The molecule has 1 amide bonds. The molecule has 3 N–H and O–H groups in total. The van der Waals surface area contributed by atoms with Crippen LogP contribution in [0.5, 0.6) is 0 Å². The first-order valence-corrected chi connectivity index (χ1v) is 9.32. The van der Waals surface area contributed by atoms with E-state index >= 15 is 0 Å². The normalized spacial score (nSPS) is 21.4. The Morgan fingerprint density at radius 3 is 2.65 bits per heavy atom. The largest absolute Gasteiger partial charge is 0.479 e. The second-order valence-electron chi connectivity index (χ2n) is 7.70. The van der Waals surface area contributed by atoms with Gasteiger partial charge < -0.3 is 25.0 Å². The van der Waals surface area contributed by atoms with Gasteiger partial charge in [-0.15, -0.1) is 0 Å². The number of ether oxygens (including phenoxy) is 2. The highest BCUT2D eigenvalue weighted by molar-refractivity contribution is 5.73. The van der Waals surface area contributed by atoms with Crippen molar-refractivity contribution in [1.82, 2.24) is 5.32 Å². The lowest BCUT2D eigenvalue weighted by molar-refractivity contribution is -0.148. The standard InChI is InChI=1S/C19H33NO6/c1-5-6-10-25-12-14(20-18(24)26-19(2,3)4)11-13-8-7-9-15(13)16(21)17(22)23/h11,14-16,21H,5-10,12H2,1-4H3,(H,20,24)(H,22,23)/b13-11+/t14-,15-,16?/m1/s1. The molecule has 1 aliphatic rings. The van der Waals surface area contributed by atoms with Crippen molar-refractivity contribution < 1.29 is 29.3 Å². The van der Waals surface area contributed by atoms with Gasteiger partial charge in [-0.1, -0.05) is 25.0 Å². The van der Waals surface area contributed by atoms with Gasteiger partial charge in [0.15, 0.2) is 6.10 Å².